The van der Waals surface area contributed by atoms with Crippen molar-refractivity contribution in [1.82, 2.24) is 5.32 Å². The van der Waals surface area contributed by atoms with Crippen LogP contribution >= 0.6 is 0 Å². The molecule has 1 rings (SSSR count). The topological polar surface area (TPSA) is 108 Å². The smallest absolute Gasteiger partial charge is 0.217 e. The summed E-state index contributed by atoms with van der Waals surface area (Å²) < 4.78 is 10.8. The zero-order valence-electron chi connectivity index (χ0n) is 10.7. The Hall–Kier alpha value is -0.730. The summed E-state index contributed by atoms with van der Waals surface area (Å²) in [6.07, 6.45) is -4.58. The third-order valence-electron chi connectivity index (χ3n) is 2.66. The summed E-state index contributed by atoms with van der Waals surface area (Å²) in [6.45, 7) is 4.41. The molecular weight excluding hydrogens is 242 g/mol. The lowest BCUT2D eigenvalue weighted by molar-refractivity contribution is -0.278. The fourth-order valence-electron chi connectivity index (χ4n) is 1.85. The van der Waals surface area contributed by atoms with Crippen LogP contribution in [0.5, 0.6) is 0 Å². The van der Waals surface area contributed by atoms with Gasteiger partial charge in [-0.15, -0.1) is 0 Å². The van der Waals surface area contributed by atoms with Gasteiger partial charge in [0.25, 0.3) is 0 Å². The van der Waals surface area contributed by atoms with Gasteiger partial charge in [-0.05, 0) is 13.8 Å². The van der Waals surface area contributed by atoms with E-state index in [0.29, 0.717) is 0 Å². The molecule has 0 spiro atoms. The van der Waals surface area contributed by atoms with Crippen molar-refractivity contribution in [3.05, 3.63) is 0 Å². The summed E-state index contributed by atoms with van der Waals surface area (Å²) in [7, 11) is 0. The maximum absolute atomic E-state index is 11.1. The Kier molecular flexibility index (Phi) is 5.48. The number of ether oxygens (including phenoxy) is 2. The lowest BCUT2D eigenvalue weighted by Gasteiger charge is -2.42. The van der Waals surface area contributed by atoms with E-state index in [-0.39, 0.29) is 12.0 Å². The quantitative estimate of drug-likeness (QED) is 0.484. The summed E-state index contributed by atoms with van der Waals surface area (Å²) in [6, 6.07) is -0.873. The Morgan fingerprint density at radius 3 is 2.44 bits per heavy atom. The highest BCUT2D eigenvalue weighted by molar-refractivity contribution is 5.73. The number of rotatable bonds is 4. The monoisotopic (exact) mass is 263 g/mol. The molecule has 1 amide bonds. The highest BCUT2D eigenvalue weighted by Gasteiger charge is 2.45. The van der Waals surface area contributed by atoms with Crippen LogP contribution in [-0.4, -0.2) is 64.6 Å². The molecule has 0 unspecified atom stereocenters. The normalized spacial score (nSPS) is 36.7. The molecule has 106 valence electrons. The first-order chi connectivity index (χ1) is 8.36. The van der Waals surface area contributed by atoms with Gasteiger partial charge in [-0.1, -0.05) is 0 Å². The van der Waals surface area contributed by atoms with Gasteiger partial charge >= 0.3 is 0 Å². The van der Waals surface area contributed by atoms with Gasteiger partial charge in [0.05, 0.1) is 12.7 Å². The molecule has 1 aliphatic rings. The molecule has 0 radical (unpaired) electrons. The van der Waals surface area contributed by atoms with Crippen molar-refractivity contribution in [2.24, 2.45) is 0 Å². The van der Waals surface area contributed by atoms with E-state index in [1.807, 2.05) is 0 Å². The molecule has 1 fully saturated rings. The van der Waals surface area contributed by atoms with E-state index < -0.39 is 37.3 Å². The van der Waals surface area contributed by atoms with Gasteiger partial charge in [0, 0.05) is 6.92 Å². The second-order valence-corrected chi connectivity index (χ2v) is 4.62. The Balaban J connectivity index is 2.83. The fraction of sp³-hybridized carbons (Fsp3) is 0.909. The van der Waals surface area contributed by atoms with Gasteiger partial charge < -0.3 is 30.1 Å². The van der Waals surface area contributed by atoms with Crippen molar-refractivity contribution in [2.75, 3.05) is 6.61 Å². The number of nitrogens with one attached hydrogen (secondary N) is 1. The van der Waals surface area contributed by atoms with E-state index in [0.717, 1.165) is 0 Å². The maximum Gasteiger partial charge on any atom is 0.217 e. The van der Waals surface area contributed by atoms with Crippen molar-refractivity contribution in [3.8, 4) is 0 Å². The molecule has 0 aromatic rings. The predicted molar refractivity (Wildman–Crippen MR) is 61.6 cm³/mol. The molecule has 5 atom stereocenters. The molecule has 4 N–H and O–H groups in total. The number of aliphatic hydroxyl groups excluding tert-OH is 3. The van der Waals surface area contributed by atoms with Crippen LogP contribution in [0.25, 0.3) is 0 Å². The summed E-state index contributed by atoms with van der Waals surface area (Å²) >= 11 is 0. The van der Waals surface area contributed by atoms with Gasteiger partial charge in [0.15, 0.2) is 6.29 Å². The first-order valence-corrected chi connectivity index (χ1v) is 5.91. The molecule has 0 aliphatic carbocycles. The van der Waals surface area contributed by atoms with Crippen LogP contribution in [0.3, 0.4) is 0 Å². The summed E-state index contributed by atoms with van der Waals surface area (Å²) in [5.41, 5.74) is 0. The average molecular weight is 263 g/mol. The highest BCUT2D eigenvalue weighted by atomic mass is 16.7. The summed E-state index contributed by atoms with van der Waals surface area (Å²) in [5, 5.41) is 31.2. The second-order valence-electron chi connectivity index (χ2n) is 4.62. The van der Waals surface area contributed by atoms with Crippen LogP contribution in [0.1, 0.15) is 20.8 Å². The number of carbonyl (C=O) groups excluding carboxylic acids is 1. The molecule has 18 heavy (non-hydrogen) atoms. The minimum atomic E-state index is -1.28. The minimum Gasteiger partial charge on any atom is -0.394 e. The van der Waals surface area contributed by atoms with Gasteiger partial charge in [0.1, 0.15) is 24.4 Å². The third-order valence-corrected chi connectivity index (χ3v) is 2.66. The molecule has 1 aliphatic heterocycles. The van der Waals surface area contributed by atoms with Crippen molar-refractivity contribution in [2.45, 2.75) is 57.5 Å². The van der Waals surface area contributed by atoms with Gasteiger partial charge in [-0.25, -0.2) is 0 Å². The van der Waals surface area contributed by atoms with E-state index >= 15 is 0 Å². The molecule has 0 aromatic carbocycles. The zero-order valence-corrected chi connectivity index (χ0v) is 10.7. The van der Waals surface area contributed by atoms with Crippen LogP contribution in [0.15, 0.2) is 0 Å². The number of aliphatic hydroxyl groups is 3. The molecule has 0 saturated carbocycles. The number of amides is 1. The van der Waals surface area contributed by atoms with Crippen molar-refractivity contribution in [3.63, 3.8) is 0 Å². The van der Waals surface area contributed by atoms with E-state index in [4.69, 9.17) is 14.6 Å². The lowest BCUT2D eigenvalue weighted by atomic mass is 9.97. The maximum atomic E-state index is 11.1. The number of carbonyl (C=O) groups is 1. The van der Waals surface area contributed by atoms with Gasteiger partial charge in [-0.3, -0.25) is 4.79 Å². The largest absolute Gasteiger partial charge is 0.394 e. The van der Waals surface area contributed by atoms with Gasteiger partial charge in [-0.2, -0.15) is 0 Å². The first-order valence-electron chi connectivity index (χ1n) is 5.91. The number of hydrogen-bond acceptors (Lipinski definition) is 6. The van der Waals surface area contributed by atoms with E-state index in [1.165, 1.54) is 6.92 Å². The average Bonchev–Trinajstić information content (AvgIpc) is 2.27. The third kappa shape index (κ3) is 3.63. The number of hydrogen-bond donors (Lipinski definition) is 4. The van der Waals surface area contributed by atoms with Crippen LogP contribution in [0, 0.1) is 0 Å². The zero-order chi connectivity index (χ0) is 13.9. The van der Waals surface area contributed by atoms with Crippen LogP contribution in [-0.2, 0) is 14.3 Å². The second kappa shape index (κ2) is 6.44. The SMILES string of the molecule is CC(=O)N[C@@H]1[C@@H](OC(C)C)O[C@H](CO)[C@H](O)[C@H]1O. The standard InChI is InChI=1S/C11H21NO6/c1-5(2)17-11-8(12-6(3)14)10(16)9(15)7(4-13)18-11/h5,7-11,13,15-16H,4H2,1-3H3,(H,12,14)/t7-,8+,9+,10+,11+/m1/s1. The first kappa shape index (κ1) is 15.3. The van der Waals surface area contributed by atoms with Crippen molar-refractivity contribution < 1.29 is 29.6 Å². The Morgan fingerprint density at radius 2 is 2.00 bits per heavy atom. The fourth-order valence-corrected chi connectivity index (χ4v) is 1.85. The lowest BCUT2D eigenvalue weighted by Crippen LogP contribution is -2.64. The van der Waals surface area contributed by atoms with Crippen LogP contribution < -0.4 is 5.32 Å². The Bertz CT molecular complexity index is 285. The molecule has 1 heterocycles. The molecule has 0 aromatic heterocycles. The van der Waals surface area contributed by atoms with E-state index in [9.17, 15) is 15.0 Å². The molecule has 7 nitrogen and oxygen atoms in total. The Morgan fingerprint density at radius 1 is 1.39 bits per heavy atom. The van der Waals surface area contributed by atoms with Crippen molar-refractivity contribution >= 4 is 5.91 Å². The minimum absolute atomic E-state index is 0.187. The van der Waals surface area contributed by atoms with Crippen LogP contribution in [0.2, 0.25) is 0 Å². The van der Waals surface area contributed by atoms with E-state index in [2.05, 4.69) is 5.32 Å². The van der Waals surface area contributed by atoms with E-state index in [1.54, 1.807) is 13.8 Å². The van der Waals surface area contributed by atoms with Gasteiger partial charge in [0.2, 0.25) is 5.91 Å². The highest BCUT2D eigenvalue weighted by Crippen LogP contribution is 2.22. The van der Waals surface area contributed by atoms with Crippen LogP contribution in [0.4, 0.5) is 0 Å². The molecule has 0 bridgehead atoms. The molecular formula is C11H21NO6. The summed E-state index contributed by atoms with van der Waals surface area (Å²) in [5.74, 6) is -0.366. The predicted octanol–water partition coefficient (Wildman–Crippen LogP) is -1.64. The Labute approximate surface area is 106 Å². The summed E-state index contributed by atoms with van der Waals surface area (Å²) in [4.78, 5) is 11.1. The molecule has 7 heteroatoms. The van der Waals surface area contributed by atoms with Crippen molar-refractivity contribution in [1.29, 1.82) is 0 Å². The molecule has 1 saturated heterocycles.